The van der Waals surface area contributed by atoms with Crippen molar-refractivity contribution in [2.45, 2.75) is 19.4 Å². The van der Waals surface area contributed by atoms with Gasteiger partial charge in [-0.2, -0.15) is 0 Å². The predicted octanol–water partition coefficient (Wildman–Crippen LogP) is 1.87. The molecule has 0 saturated heterocycles. The standard InChI is InChI=1S/C21H22N4O3/c1-25(2)21(28)15-9-7-14(8-10-15)13-22-19(26)12-11-18-23-17-6-4-3-5-16(17)20(27)24-18/h3-10H,11-13H2,1-2H3,(H,22,26)(H,23,24,27). The van der Waals surface area contributed by atoms with Crippen LogP contribution in [0.15, 0.2) is 53.3 Å². The summed E-state index contributed by atoms with van der Waals surface area (Å²) < 4.78 is 0. The third kappa shape index (κ3) is 4.62. The van der Waals surface area contributed by atoms with Crippen LogP contribution in [0.5, 0.6) is 0 Å². The molecule has 0 aliphatic heterocycles. The highest BCUT2D eigenvalue weighted by Gasteiger charge is 2.09. The zero-order chi connectivity index (χ0) is 20.1. The van der Waals surface area contributed by atoms with Crippen molar-refractivity contribution < 1.29 is 9.59 Å². The second-order valence-corrected chi connectivity index (χ2v) is 6.70. The summed E-state index contributed by atoms with van der Waals surface area (Å²) in [6.07, 6.45) is 0.570. The van der Waals surface area contributed by atoms with Crippen molar-refractivity contribution in [3.8, 4) is 0 Å². The van der Waals surface area contributed by atoms with Crippen molar-refractivity contribution in [1.82, 2.24) is 20.2 Å². The normalized spacial score (nSPS) is 10.6. The van der Waals surface area contributed by atoms with E-state index < -0.39 is 0 Å². The molecule has 0 atom stereocenters. The number of amides is 2. The lowest BCUT2D eigenvalue weighted by atomic mass is 10.1. The van der Waals surface area contributed by atoms with E-state index in [1.165, 1.54) is 4.90 Å². The van der Waals surface area contributed by atoms with Gasteiger partial charge in [-0.25, -0.2) is 4.98 Å². The van der Waals surface area contributed by atoms with E-state index in [2.05, 4.69) is 15.3 Å². The molecule has 3 rings (SSSR count). The summed E-state index contributed by atoms with van der Waals surface area (Å²) in [4.78, 5) is 44.7. The van der Waals surface area contributed by atoms with Crippen LogP contribution >= 0.6 is 0 Å². The molecule has 0 unspecified atom stereocenters. The fraction of sp³-hybridized carbons (Fsp3) is 0.238. The Balaban J connectivity index is 1.54. The molecule has 7 nitrogen and oxygen atoms in total. The average molecular weight is 378 g/mol. The Morgan fingerprint density at radius 1 is 1.07 bits per heavy atom. The Morgan fingerprint density at radius 3 is 2.50 bits per heavy atom. The van der Waals surface area contributed by atoms with Gasteiger partial charge in [-0.15, -0.1) is 0 Å². The van der Waals surface area contributed by atoms with Gasteiger partial charge in [0.25, 0.3) is 11.5 Å². The monoisotopic (exact) mass is 378 g/mol. The van der Waals surface area contributed by atoms with Gasteiger partial charge in [-0.1, -0.05) is 24.3 Å². The lowest BCUT2D eigenvalue weighted by molar-refractivity contribution is -0.121. The lowest BCUT2D eigenvalue weighted by Crippen LogP contribution is -2.24. The van der Waals surface area contributed by atoms with Crippen LogP contribution in [-0.4, -0.2) is 40.8 Å². The Labute approximate surface area is 162 Å². The maximum absolute atomic E-state index is 12.1. The summed E-state index contributed by atoms with van der Waals surface area (Å²) in [6.45, 7) is 0.372. The van der Waals surface area contributed by atoms with E-state index >= 15 is 0 Å². The second kappa shape index (κ2) is 8.47. The van der Waals surface area contributed by atoms with Crippen molar-refractivity contribution in [2.75, 3.05) is 14.1 Å². The van der Waals surface area contributed by atoms with Crippen LogP contribution < -0.4 is 10.9 Å². The van der Waals surface area contributed by atoms with Crippen molar-refractivity contribution in [3.05, 3.63) is 75.8 Å². The zero-order valence-corrected chi connectivity index (χ0v) is 15.9. The molecule has 0 aliphatic rings. The molecule has 2 amide bonds. The molecule has 3 aromatic rings. The highest BCUT2D eigenvalue weighted by Crippen LogP contribution is 2.08. The number of carbonyl (C=O) groups excluding carboxylic acids is 2. The molecule has 1 aromatic heterocycles. The van der Waals surface area contributed by atoms with E-state index in [-0.39, 0.29) is 23.8 Å². The maximum atomic E-state index is 12.1. The highest BCUT2D eigenvalue weighted by molar-refractivity contribution is 5.93. The number of aromatic amines is 1. The smallest absolute Gasteiger partial charge is 0.258 e. The number of hydrogen-bond acceptors (Lipinski definition) is 4. The molecule has 28 heavy (non-hydrogen) atoms. The third-order valence-corrected chi connectivity index (χ3v) is 4.35. The summed E-state index contributed by atoms with van der Waals surface area (Å²) in [5.74, 6) is 0.294. The maximum Gasteiger partial charge on any atom is 0.258 e. The summed E-state index contributed by atoms with van der Waals surface area (Å²) in [7, 11) is 3.40. The topological polar surface area (TPSA) is 95.2 Å². The summed E-state index contributed by atoms with van der Waals surface area (Å²) in [5.41, 5.74) is 1.93. The van der Waals surface area contributed by atoms with E-state index in [0.717, 1.165) is 5.56 Å². The molecule has 2 N–H and O–H groups in total. The fourth-order valence-corrected chi connectivity index (χ4v) is 2.80. The number of rotatable bonds is 6. The van der Waals surface area contributed by atoms with Crippen LogP contribution in [0.1, 0.15) is 28.2 Å². The van der Waals surface area contributed by atoms with Crippen LogP contribution in [0.2, 0.25) is 0 Å². The number of H-pyrrole nitrogens is 1. The molecule has 2 aromatic carbocycles. The molecule has 7 heteroatoms. The van der Waals surface area contributed by atoms with Gasteiger partial charge in [0, 0.05) is 39.0 Å². The van der Waals surface area contributed by atoms with E-state index in [1.807, 2.05) is 18.2 Å². The van der Waals surface area contributed by atoms with Gasteiger partial charge in [-0.05, 0) is 29.8 Å². The second-order valence-electron chi connectivity index (χ2n) is 6.70. The van der Waals surface area contributed by atoms with E-state index in [4.69, 9.17) is 0 Å². The molecule has 0 fully saturated rings. The molecule has 144 valence electrons. The number of fused-ring (bicyclic) bond motifs is 1. The average Bonchev–Trinajstić information content (AvgIpc) is 2.70. The molecule has 0 spiro atoms. The first-order valence-corrected chi connectivity index (χ1v) is 8.99. The third-order valence-electron chi connectivity index (χ3n) is 4.35. The van der Waals surface area contributed by atoms with Gasteiger partial charge >= 0.3 is 0 Å². The number of aromatic nitrogens is 2. The van der Waals surface area contributed by atoms with Crippen LogP contribution in [0, 0.1) is 0 Å². The Bertz CT molecular complexity index is 1060. The van der Waals surface area contributed by atoms with Gasteiger partial charge in [0.1, 0.15) is 5.82 Å². The molecule has 0 aliphatic carbocycles. The number of para-hydroxylation sites is 1. The van der Waals surface area contributed by atoms with E-state index in [9.17, 15) is 14.4 Å². The molecule has 0 radical (unpaired) electrons. The van der Waals surface area contributed by atoms with E-state index in [0.29, 0.717) is 35.3 Å². The lowest BCUT2D eigenvalue weighted by Gasteiger charge is -2.11. The SMILES string of the molecule is CN(C)C(=O)c1ccc(CNC(=O)CCc2nc3ccccc3c(=O)[nH]2)cc1. The van der Waals surface area contributed by atoms with E-state index in [1.54, 1.807) is 44.4 Å². The highest BCUT2D eigenvalue weighted by atomic mass is 16.2. The minimum atomic E-state index is -0.201. The summed E-state index contributed by atoms with van der Waals surface area (Å²) >= 11 is 0. The number of aryl methyl sites for hydroxylation is 1. The Kier molecular flexibility index (Phi) is 5.84. The van der Waals surface area contributed by atoms with Crippen LogP contribution in [0.25, 0.3) is 10.9 Å². The fourth-order valence-electron chi connectivity index (χ4n) is 2.80. The van der Waals surface area contributed by atoms with Gasteiger partial charge in [0.2, 0.25) is 5.91 Å². The van der Waals surface area contributed by atoms with Crippen molar-refractivity contribution >= 4 is 22.7 Å². The number of hydrogen-bond donors (Lipinski definition) is 2. The number of nitrogens with one attached hydrogen (secondary N) is 2. The number of nitrogens with zero attached hydrogens (tertiary/aromatic N) is 2. The molecule has 0 saturated carbocycles. The number of carbonyl (C=O) groups is 2. The summed E-state index contributed by atoms with van der Waals surface area (Å²) in [6, 6.07) is 14.2. The first kappa shape index (κ1) is 19.3. The molecular weight excluding hydrogens is 356 g/mol. The molecule has 1 heterocycles. The van der Waals surface area contributed by atoms with Crippen molar-refractivity contribution in [1.29, 1.82) is 0 Å². The van der Waals surface area contributed by atoms with Gasteiger partial charge < -0.3 is 15.2 Å². The Hall–Kier alpha value is -3.48. The van der Waals surface area contributed by atoms with Gasteiger partial charge in [-0.3, -0.25) is 14.4 Å². The minimum Gasteiger partial charge on any atom is -0.352 e. The first-order valence-electron chi connectivity index (χ1n) is 8.99. The van der Waals surface area contributed by atoms with Gasteiger partial charge in [0.05, 0.1) is 10.9 Å². The molecule has 0 bridgehead atoms. The quantitative estimate of drug-likeness (QED) is 0.685. The minimum absolute atomic E-state index is 0.0625. The predicted molar refractivity (Wildman–Crippen MR) is 107 cm³/mol. The molecular formula is C21H22N4O3. The number of benzene rings is 2. The largest absolute Gasteiger partial charge is 0.352 e. The van der Waals surface area contributed by atoms with Crippen LogP contribution in [0.3, 0.4) is 0 Å². The Morgan fingerprint density at radius 2 is 1.79 bits per heavy atom. The van der Waals surface area contributed by atoms with Crippen LogP contribution in [0.4, 0.5) is 0 Å². The van der Waals surface area contributed by atoms with Crippen molar-refractivity contribution in [2.24, 2.45) is 0 Å². The zero-order valence-electron chi connectivity index (χ0n) is 15.9. The summed E-state index contributed by atoms with van der Waals surface area (Å²) in [5, 5.41) is 3.37. The van der Waals surface area contributed by atoms with Crippen LogP contribution in [-0.2, 0) is 17.8 Å². The van der Waals surface area contributed by atoms with Crippen molar-refractivity contribution in [3.63, 3.8) is 0 Å². The van der Waals surface area contributed by atoms with Gasteiger partial charge in [0.15, 0.2) is 0 Å². The first-order chi connectivity index (χ1) is 13.4.